The van der Waals surface area contributed by atoms with E-state index in [-0.39, 0.29) is 5.75 Å². The zero-order chi connectivity index (χ0) is 10.3. The van der Waals surface area contributed by atoms with Gasteiger partial charge in [-0.15, -0.1) is 0 Å². The average molecular weight is 199 g/mol. The zero-order valence-electron chi connectivity index (χ0n) is 7.97. The molecule has 0 amide bonds. The van der Waals surface area contributed by atoms with Gasteiger partial charge >= 0.3 is 0 Å². The van der Waals surface area contributed by atoms with Gasteiger partial charge in [0.1, 0.15) is 18.1 Å². The van der Waals surface area contributed by atoms with Gasteiger partial charge in [0.05, 0.1) is 5.52 Å². The Labute approximate surface area is 86.6 Å². The second-order valence-electron chi connectivity index (χ2n) is 3.46. The molecule has 15 heavy (non-hydrogen) atoms. The van der Waals surface area contributed by atoms with Crippen molar-refractivity contribution in [2.45, 2.75) is 0 Å². The summed E-state index contributed by atoms with van der Waals surface area (Å²) >= 11 is 0. The van der Waals surface area contributed by atoms with Crippen LogP contribution in [0.15, 0.2) is 30.5 Å². The average Bonchev–Trinajstić information content (AvgIpc) is 2.29. The quantitative estimate of drug-likeness (QED) is 0.708. The smallest absolute Gasteiger partial charge is 0.138 e. The van der Waals surface area contributed by atoms with Crippen molar-refractivity contribution in [3.05, 3.63) is 36.0 Å². The van der Waals surface area contributed by atoms with E-state index >= 15 is 0 Å². The van der Waals surface area contributed by atoms with E-state index in [2.05, 4.69) is 4.98 Å². The van der Waals surface area contributed by atoms with E-state index in [1.807, 2.05) is 12.2 Å². The van der Waals surface area contributed by atoms with Gasteiger partial charge in [-0.25, -0.2) is 0 Å². The molecule has 0 saturated heterocycles. The number of fused-ring (bicyclic) bond motifs is 3. The minimum atomic E-state index is 0.232. The maximum atomic E-state index is 9.43. The van der Waals surface area contributed by atoms with Crippen LogP contribution in [0.25, 0.3) is 17.0 Å². The topological polar surface area (TPSA) is 42.4 Å². The van der Waals surface area contributed by atoms with E-state index in [1.54, 1.807) is 24.4 Å². The Hall–Kier alpha value is -2.03. The summed E-state index contributed by atoms with van der Waals surface area (Å²) in [5, 5.41) is 10.3. The van der Waals surface area contributed by atoms with Crippen molar-refractivity contribution in [3.8, 4) is 11.5 Å². The molecule has 1 N–H and O–H groups in total. The Morgan fingerprint density at radius 1 is 1.33 bits per heavy atom. The number of aromatic nitrogens is 1. The van der Waals surface area contributed by atoms with Gasteiger partial charge in [0.15, 0.2) is 0 Å². The summed E-state index contributed by atoms with van der Waals surface area (Å²) in [5.74, 6) is 1.04. The number of hydrogen-bond acceptors (Lipinski definition) is 3. The first-order chi connectivity index (χ1) is 7.34. The number of benzene rings is 1. The molecule has 0 aliphatic carbocycles. The minimum absolute atomic E-state index is 0.232. The number of phenolic OH excluding ortho intramolecular Hbond substituents is 1. The van der Waals surface area contributed by atoms with Crippen molar-refractivity contribution in [1.82, 2.24) is 4.98 Å². The van der Waals surface area contributed by atoms with Crippen molar-refractivity contribution in [2.75, 3.05) is 6.61 Å². The van der Waals surface area contributed by atoms with Crippen molar-refractivity contribution in [2.24, 2.45) is 0 Å². The molecule has 3 heteroatoms. The first-order valence-corrected chi connectivity index (χ1v) is 4.76. The second-order valence-corrected chi connectivity index (χ2v) is 3.46. The van der Waals surface area contributed by atoms with Crippen LogP contribution in [0.5, 0.6) is 11.5 Å². The largest absolute Gasteiger partial charge is 0.508 e. The lowest BCUT2D eigenvalue weighted by atomic mass is 10.1. The van der Waals surface area contributed by atoms with Gasteiger partial charge in [-0.2, -0.15) is 0 Å². The Morgan fingerprint density at radius 2 is 2.27 bits per heavy atom. The first kappa shape index (κ1) is 8.29. The molecule has 1 aromatic heterocycles. The Balaban J connectivity index is 2.40. The highest BCUT2D eigenvalue weighted by Crippen LogP contribution is 2.33. The number of nitrogens with zero attached hydrogens (tertiary/aromatic N) is 1. The molecule has 0 spiro atoms. The van der Waals surface area contributed by atoms with Crippen LogP contribution < -0.4 is 4.74 Å². The van der Waals surface area contributed by atoms with Gasteiger partial charge < -0.3 is 9.84 Å². The van der Waals surface area contributed by atoms with Crippen molar-refractivity contribution in [1.29, 1.82) is 0 Å². The Bertz CT molecular complexity index is 561. The predicted molar refractivity (Wildman–Crippen MR) is 57.9 cm³/mol. The fourth-order valence-electron chi connectivity index (χ4n) is 1.76. The lowest BCUT2D eigenvalue weighted by molar-refractivity contribution is 0.362. The van der Waals surface area contributed by atoms with Crippen LogP contribution >= 0.6 is 0 Å². The summed E-state index contributed by atoms with van der Waals surface area (Å²) in [6, 6.07) is 5.09. The highest BCUT2D eigenvalue weighted by atomic mass is 16.5. The molecular weight excluding hydrogens is 190 g/mol. The molecule has 1 aromatic carbocycles. The van der Waals surface area contributed by atoms with Gasteiger partial charge in [-0.3, -0.25) is 4.98 Å². The van der Waals surface area contributed by atoms with Crippen LogP contribution in [-0.4, -0.2) is 16.7 Å². The highest BCUT2D eigenvalue weighted by molar-refractivity contribution is 5.90. The van der Waals surface area contributed by atoms with Gasteiger partial charge in [0, 0.05) is 17.1 Å². The molecule has 74 valence electrons. The fourth-order valence-corrected chi connectivity index (χ4v) is 1.76. The summed E-state index contributed by atoms with van der Waals surface area (Å²) in [6.45, 7) is 0.571. The molecule has 1 aliphatic rings. The third-order valence-corrected chi connectivity index (χ3v) is 2.45. The summed E-state index contributed by atoms with van der Waals surface area (Å²) in [4.78, 5) is 4.29. The fraction of sp³-hybridized carbons (Fsp3) is 0.0833. The molecule has 3 rings (SSSR count). The molecule has 0 bridgehead atoms. The SMILES string of the molecule is Oc1ccc2ncc3c(c2c1)OCC=C3. The molecule has 0 saturated carbocycles. The third-order valence-electron chi connectivity index (χ3n) is 2.45. The molecular formula is C12H9NO2. The summed E-state index contributed by atoms with van der Waals surface area (Å²) < 4.78 is 5.55. The third kappa shape index (κ3) is 1.24. The summed E-state index contributed by atoms with van der Waals surface area (Å²) in [7, 11) is 0. The molecule has 0 fully saturated rings. The number of rotatable bonds is 0. The molecule has 3 nitrogen and oxygen atoms in total. The molecule has 0 atom stereocenters. The number of aromatic hydroxyl groups is 1. The van der Waals surface area contributed by atoms with E-state index in [4.69, 9.17) is 4.74 Å². The number of phenols is 1. The maximum Gasteiger partial charge on any atom is 0.138 e. The Morgan fingerprint density at radius 3 is 3.20 bits per heavy atom. The van der Waals surface area contributed by atoms with Crippen LogP contribution in [0.1, 0.15) is 5.56 Å². The van der Waals surface area contributed by atoms with Crippen LogP contribution in [0.2, 0.25) is 0 Å². The monoisotopic (exact) mass is 199 g/mol. The Kier molecular flexibility index (Phi) is 1.65. The number of pyridine rings is 1. The van der Waals surface area contributed by atoms with Crippen LogP contribution in [-0.2, 0) is 0 Å². The molecule has 0 radical (unpaired) electrons. The van der Waals surface area contributed by atoms with E-state index in [9.17, 15) is 5.11 Å². The molecule has 2 aromatic rings. The van der Waals surface area contributed by atoms with Gasteiger partial charge in [-0.1, -0.05) is 6.08 Å². The highest BCUT2D eigenvalue weighted by Gasteiger charge is 2.11. The van der Waals surface area contributed by atoms with Crippen LogP contribution in [0, 0.1) is 0 Å². The van der Waals surface area contributed by atoms with E-state index in [0.717, 1.165) is 22.2 Å². The first-order valence-electron chi connectivity index (χ1n) is 4.76. The number of ether oxygens (including phenoxy) is 1. The van der Waals surface area contributed by atoms with Crippen molar-refractivity contribution < 1.29 is 9.84 Å². The van der Waals surface area contributed by atoms with E-state index < -0.39 is 0 Å². The van der Waals surface area contributed by atoms with Gasteiger partial charge in [0.2, 0.25) is 0 Å². The molecule has 1 aliphatic heterocycles. The molecule has 2 heterocycles. The normalized spacial score (nSPS) is 13.6. The van der Waals surface area contributed by atoms with Crippen molar-refractivity contribution in [3.63, 3.8) is 0 Å². The van der Waals surface area contributed by atoms with Gasteiger partial charge in [-0.05, 0) is 24.3 Å². The lowest BCUT2D eigenvalue weighted by Gasteiger charge is -2.14. The van der Waals surface area contributed by atoms with Gasteiger partial charge in [0.25, 0.3) is 0 Å². The molecule has 0 unspecified atom stereocenters. The van der Waals surface area contributed by atoms with Crippen LogP contribution in [0.4, 0.5) is 0 Å². The lowest BCUT2D eigenvalue weighted by Crippen LogP contribution is -2.01. The number of hydrogen-bond donors (Lipinski definition) is 1. The summed E-state index contributed by atoms with van der Waals surface area (Å²) in [6.07, 6.45) is 5.71. The predicted octanol–water partition coefficient (Wildman–Crippen LogP) is 2.35. The van der Waals surface area contributed by atoms with Crippen molar-refractivity contribution >= 4 is 17.0 Å². The second kappa shape index (κ2) is 2.98. The maximum absolute atomic E-state index is 9.43. The van der Waals surface area contributed by atoms with Crippen LogP contribution in [0.3, 0.4) is 0 Å². The summed E-state index contributed by atoms with van der Waals surface area (Å²) in [5.41, 5.74) is 1.79. The standard InChI is InChI=1S/C12H9NO2/c14-9-3-4-11-10(6-9)12-8(7-13-11)2-1-5-15-12/h1-4,6-7,14H,5H2. The minimum Gasteiger partial charge on any atom is -0.508 e. The van der Waals surface area contributed by atoms with E-state index in [0.29, 0.717) is 6.61 Å². The zero-order valence-corrected chi connectivity index (χ0v) is 7.97. The van der Waals surface area contributed by atoms with E-state index in [1.165, 1.54) is 0 Å².